The van der Waals surface area contributed by atoms with Crippen LogP contribution in [0.1, 0.15) is 65.7 Å². The molecule has 0 aliphatic heterocycles. The van der Waals surface area contributed by atoms with Crippen LogP contribution < -0.4 is 0 Å². The first-order valence-corrected chi connectivity index (χ1v) is 8.94. The van der Waals surface area contributed by atoms with E-state index >= 15 is 0 Å². The zero-order valence-corrected chi connectivity index (χ0v) is 14.2. The predicted molar refractivity (Wildman–Crippen MR) is 89.5 cm³/mol. The van der Waals surface area contributed by atoms with Gasteiger partial charge >= 0.3 is 0 Å². The number of hydrogen-bond donors (Lipinski definition) is 2. The van der Waals surface area contributed by atoms with E-state index in [0.29, 0.717) is 29.9 Å². The SMILES string of the molecule is CC1=C(O)CC(O)CC1C=C=C1CCC[C@@]2(C)C1CC[C@@H]2C. The minimum Gasteiger partial charge on any atom is -0.512 e. The van der Waals surface area contributed by atoms with Gasteiger partial charge in [0, 0.05) is 12.3 Å². The lowest BCUT2D eigenvalue weighted by Crippen LogP contribution is -2.31. The minimum absolute atomic E-state index is 0.142. The molecule has 3 unspecified atom stereocenters. The minimum atomic E-state index is -0.417. The second-order valence-corrected chi connectivity index (χ2v) is 8.06. The molecule has 3 aliphatic carbocycles. The normalized spacial score (nSPS) is 42.1. The predicted octanol–water partition coefficient (Wildman–Crippen LogP) is 4.91. The van der Waals surface area contributed by atoms with Crippen LogP contribution in [0.3, 0.4) is 0 Å². The Balaban J connectivity index is 1.87. The molecule has 122 valence electrons. The highest BCUT2D eigenvalue weighted by molar-refractivity contribution is 5.22. The number of fused-ring (bicyclic) bond motifs is 1. The molecule has 0 saturated heterocycles. The maximum Gasteiger partial charge on any atom is 0.0943 e. The lowest BCUT2D eigenvalue weighted by atomic mass is 9.64. The van der Waals surface area contributed by atoms with Crippen molar-refractivity contribution in [1.29, 1.82) is 0 Å². The fraction of sp³-hybridized carbons (Fsp3) is 0.750. The molecule has 0 radical (unpaired) electrons. The van der Waals surface area contributed by atoms with Crippen molar-refractivity contribution < 1.29 is 10.2 Å². The average molecular weight is 302 g/mol. The van der Waals surface area contributed by atoms with Gasteiger partial charge < -0.3 is 10.2 Å². The van der Waals surface area contributed by atoms with Gasteiger partial charge in [0.15, 0.2) is 0 Å². The largest absolute Gasteiger partial charge is 0.512 e. The van der Waals surface area contributed by atoms with E-state index in [1.54, 1.807) is 0 Å². The van der Waals surface area contributed by atoms with Crippen LogP contribution in [-0.4, -0.2) is 16.3 Å². The average Bonchev–Trinajstić information content (AvgIpc) is 2.77. The molecule has 0 heterocycles. The summed E-state index contributed by atoms with van der Waals surface area (Å²) >= 11 is 0. The Labute approximate surface area is 134 Å². The van der Waals surface area contributed by atoms with E-state index in [9.17, 15) is 10.2 Å². The van der Waals surface area contributed by atoms with Crippen molar-refractivity contribution in [3.63, 3.8) is 0 Å². The monoisotopic (exact) mass is 302 g/mol. The molecule has 0 spiro atoms. The molecular weight excluding hydrogens is 272 g/mol. The maximum absolute atomic E-state index is 9.95. The van der Waals surface area contributed by atoms with Crippen LogP contribution in [0.15, 0.2) is 28.7 Å². The number of aliphatic hydroxyl groups excluding tert-OH is 2. The summed E-state index contributed by atoms with van der Waals surface area (Å²) in [6.07, 6.45) is 9.28. The molecule has 3 aliphatic rings. The Kier molecular flexibility index (Phi) is 4.27. The Morgan fingerprint density at radius 2 is 2.09 bits per heavy atom. The molecule has 0 aromatic heterocycles. The Morgan fingerprint density at radius 1 is 1.32 bits per heavy atom. The first-order valence-electron chi connectivity index (χ1n) is 8.94. The van der Waals surface area contributed by atoms with Gasteiger partial charge in [-0.25, -0.2) is 0 Å². The quantitative estimate of drug-likeness (QED) is 0.676. The van der Waals surface area contributed by atoms with Gasteiger partial charge in [0.1, 0.15) is 0 Å². The molecule has 2 N–H and O–H groups in total. The maximum atomic E-state index is 9.95. The van der Waals surface area contributed by atoms with Crippen molar-refractivity contribution in [3.8, 4) is 0 Å². The first kappa shape index (κ1) is 15.9. The van der Waals surface area contributed by atoms with Crippen LogP contribution in [0.25, 0.3) is 0 Å². The van der Waals surface area contributed by atoms with E-state index in [2.05, 4.69) is 25.7 Å². The van der Waals surface area contributed by atoms with Crippen molar-refractivity contribution in [3.05, 3.63) is 28.7 Å². The van der Waals surface area contributed by atoms with Gasteiger partial charge in [-0.2, -0.15) is 0 Å². The highest BCUT2D eigenvalue weighted by Gasteiger charge is 2.47. The lowest BCUT2D eigenvalue weighted by molar-refractivity contribution is 0.126. The van der Waals surface area contributed by atoms with E-state index < -0.39 is 6.10 Å². The Bertz CT molecular complexity index is 538. The molecule has 2 heteroatoms. The second kappa shape index (κ2) is 5.91. The van der Waals surface area contributed by atoms with E-state index in [-0.39, 0.29) is 5.92 Å². The highest BCUT2D eigenvalue weighted by Crippen LogP contribution is 2.56. The molecule has 0 amide bonds. The lowest BCUT2D eigenvalue weighted by Gasteiger charge is -2.40. The molecule has 0 aromatic carbocycles. The van der Waals surface area contributed by atoms with E-state index in [0.717, 1.165) is 11.5 Å². The van der Waals surface area contributed by atoms with Crippen LogP contribution in [0.2, 0.25) is 0 Å². The molecule has 2 fully saturated rings. The van der Waals surface area contributed by atoms with Gasteiger partial charge in [-0.05, 0) is 79.9 Å². The van der Waals surface area contributed by atoms with E-state index in [4.69, 9.17) is 0 Å². The molecular formula is C20H30O2. The van der Waals surface area contributed by atoms with Crippen molar-refractivity contribution in [2.75, 3.05) is 0 Å². The highest BCUT2D eigenvalue weighted by atomic mass is 16.3. The summed E-state index contributed by atoms with van der Waals surface area (Å²) in [5.41, 5.74) is 6.58. The summed E-state index contributed by atoms with van der Waals surface area (Å²) in [7, 11) is 0. The second-order valence-electron chi connectivity index (χ2n) is 8.06. The molecule has 0 aromatic rings. The van der Waals surface area contributed by atoms with Crippen molar-refractivity contribution >= 4 is 0 Å². The zero-order valence-electron chi connectivity index (χ0n) is 14.2. The van der Waals surface area contributed by atoms with Crippen LogP contribution in [-0.2, 0) is 0 Å². The summed E-state index contributed by atoms with van der Waals surface area (Å²) in [6.45, 7) is 6.87. The van der Waals surface area contributed by atoms with Crippen LogP contribution in [0.4, 0.5) is 0 Å². The summed E-state index contributed by atoms with van der Waals surface area (Å²) in [5, 5.41) is 19.8. The molecule has 22 heavy (non-hydrogen) atoms. The van der Waals surface area contributed by atoms with Crippen molar-refractivity contribution in [2.24, 2.45) is 23.2 Å². The Morgan fingerprint density at radius 3 is 2.86 bits per heavy atom. The molecule has 0 bridgehead atoms. The molecule has 2 nitrogen and oxygen atoms in total. The number of allylic oxidation sites excluding steroid dienone is 2. The van der Waals surface area contributed by atoms with Gasteiger partial charge in [-0.1, -0.05) is 13.8 Å². The number of rotatable bonds is 1. The topological polar surface area (TPSA) is 40.5 Å². The third kappa shape index (κ3) is 2.68. The standard InChI is InChI=1S/C20H30O2/c1-13-6-9-18-15(5-4-10-20(13,18)3)7-8-16-11-17(21)12-19(22)14(16)2/h8,13,16-18,21-22H,4-6,9-12H2,1-3H3/t7?,13-,16?,17?,18?,20+/m0/s1. The van der Waals surface area contributed by atoms with Crippen LogP contribution in [0.5, 0.6) is 0 Å². The fourth-order valence-electron chi connectivity index (χ4n) is 4.97. The van der Waals surface area contributed by atoms with Gasteiger partial charge in [0.2, 0.25) is 0 Å². The van der Waals surface area contributed by atoms with Gasteiger partial charge in [-0.3, -0.25) is 0 Å². The first-order chi connectivity index (χ1) is 10.4. The van der Waals surface area contributed by atoms with Crippen molar-refractivity contribution in [2.45, 2.75) is 71.8 Å². The number of aliphatic hydroxyl groups is 2. The van der Waals surface area contributed by atoms with E-state index in [1.807, 2.05) is 6.92 Å². The third-order valence-electron chi connectivity index (χ3n) is 6.83. The fourth-order valence-corrected chi connectivity index (χ4v) is 4.97. The van der Waals surface area contributed by atoms with Crippen LogP contribution in [0, 0.1) is 23.2 Å². The Hall–Kier alpha value is -0.980. The number of hydrogen-bond acceptors (Lipinski definition) is 2. The van der Waals surface area contributed by atoms with Gasteiger partial charge in [0.05, 0.1) is 11.9 Å². The summed E-state index contributed by atoms with van der Waals surface area (Å²) < 4.78 is 0. The summed E-state index contributed by atoms with van der Waals surface area (Å²) in [4.78, 5) is 0. The van der Waals surface area contributed by atoms with Crippen molar-refractivity contribution in [1.82, 2.24) is 0 Å². The summed E-state index contributed by atoms with van der Waals surface area (Å²) in [6, 6.07) is 0. The van der Waals surface area contributed by atoms with E-state index in [1.165, 1.54) is 37.7 Å². The van der Waals surface area contributed by atoms with Crippen LogP contribution >= 0.6 is 0 Å². The third-order valence-corrected chi connectivity index (χ3v) is 6.83. The van der Waals surface area contributed by atoms with Gasteiger partial charge in [0.25, 0.3) is 0 Å². The molecule has 2 saturated carbocycles. The van der Waals surface area contributed by atoms with Gasteiger partial charge in [-0.15, -0.1) is 5.73 Å². The summed E-state index contributed by atoms with van der Waals surface area (Å²) in [5.74, 6) is 2.02. The molecule has 5 atom stereocenters. The zero-order chi connectivity index (χ0) is 15.9. The smallest absolute Gasteiger partial charge is 0.0943 e. The molecule has 3 rings (SSSR count).